The molecule has 0 bridgehead atoms. The van der Waals surface area contributed by atoms with Gasteiger partial charge in [-0.1, -0.05) is 38.5 Å². The molecule has 30 heavy (non-hydrogen) atoms. The lowest BCUT2D eigenvalue weighted by molar-refractivity contribution is -0.137. The molecule has 4 nitrogen and oxygen atoms in total. The number of anilines is 2. The number of nitrogens with two attached hydrogens (primary N) is 1. The molecule has 0 unspecified atom stereocenters. The number of aryl methyl sites for hydroxylation is 2. The molecular formula is C21H19BrF3IN4. The molecule has 0 aliphatic heterocycles. The van der Waals surface area contributed by atoms with Crippen LogP contribution in [0.25, 0.3) is 10.9 Å². The summed E-state index contributed by atoms with van der Waals surface area (Å²) in [6, 6.07) is 5.62. The maximum Gasteiger partial charge on any atom is 0.416 e. The molecule has 3 aromatic rings. The van der Waals surface area contributed by atoms with Crippen molar-refractivity contribution in [2.24, 2.45) is 0 Å². The first kappa shape index (κ1) is 21.6. The number of benzene rings is 2. The Balaban J connectivity index is 1.78. The molecule has 1 aromatic heterocycles. The van der Waals surface area contributed by atoms with Crippen molar-refractivity contribution in [2.75, 3.05) is 11.1 Å². The first-order valence-corrected chi connectivity index (χ1v) is 11.5. The molecule has 0 radical (unpaired) electrons. The summed E-state index contributed by atoms with van der Waals surface area (Å²) < 4.78 is 40.2. The van der Waals surface area contributed by atoms with Crippen molar-refractivity contribution in [2.45, 2.75) is 42.8 Å². The van der Waals surface area contributed by atoms with Gasteiger partial charge in [-0.2, -0.15) is 13.2 Å². The van der Waals surface area contributed by atoms with Crippen LogP contribution in [-0.4, -0.2) is 9.97 Å². The maximum atomic E-state index is 13.2. The Hall–Kier alpha value is -1.62. The lowest BCUT2D eigenvalue weighted by Gasteiger charge is -2.22. The molecule has 3 N–H and O–H groups in total. The van der Waals surface area contributed by atoms with Gasteiger partial charge in [-0.25, -0.2) is 9.97 Å². The van der Waals surface area contributed by atoms with E-state index in [1.165, 1.54) is 11.1 Å². The SMILES string of the molecule is Cc1nc(N[C@H](I)c2cc(N)cc(C(F)(F)F)c2)c2cc(Br)c3c(c2n1)CCCC3. The fraction of sp³-hybridized carbons (Fsp3) is 0.333. The monoisotopic (exact) mass is 590 g/mol. The van der Waals surface area contributed by atoms with Gasteiger partial charge in [0.25, 0.3) is 0 Å². The first-order valence-electron chi connectivity index (χ1n) is 9.50. The molecule has 4 rings (SSSR count). The maximum absolute atomic E-state index is 13.2. The molecule has 158 valence electrons. The summed E-state index contributed by atoms with van der Waals surface area (Å²) in [5.74, 6) is 1.22. The standard InChI is InChI=1S/C21H19BrF3IN4/c1-10-28-18-15-5-3-2-4-14(15)17(22)9-16(18)20(29-10)30-19(26)11-6-12(21(23,24)25)8-13(27)7-11/h6-9,19H,2-5,27H2,1H3,(H,28,29,30)/t19-/m0/s1. The summed E-state index contributed by atoms with van der Waals surface area (Å²) in [7, 11) is 0. The topological polar surface area (TPSA) is 63.8 Å². The van der Waals surface area contributed by atoms with Crippen LogP contribution in [0.15, 0.2) is 28.7 Å². The minimum absolute atomic E-state index is 0.0730. The Morgan fingerprint density at radius 1 is 1.10 bits per heavy atom. The van der Waals surface area contributed by atoms with Gasteiger partial charge in [0.1, 0.15) is 15.7 Å². The number of halogens is 5. The fourth-order valence-corrected chi connectivity index (χ4v) is 5.21. The van der Waals surface area contributed by atoms with Crippen LogP contribution in [0.5, 0.6) is 0 Å². The molecule has 0 spiro atoms. The van der Waals surface area contributed by atoms with E-state index in [1.807, 2.05) is 13.0 Å². The van der Waals surface area contributed by atoms with Crippen LogP contribution in [0.2, 0.25) is 0 Å². The van der Waals surface area contributed by atoms with Crippen molar-refractivity contribution in [3.8, 4) is 0 Å². The third-order valence-corrected chi connectivity index (χ3v) is 6.97. The van der Waals surface area contributed by atoms with Gasteiger partial charge in [0.05, 0.1) is 11.1 Å². The summed E-state index contributed by atoms with van der Waals surface area (Å²) >= 11 is 5.74. The first-order chi connectivity index (χ1) is 14.1. The van der Waals surface area contributed by atoms with E-state index in [1.54, 1.807) is 6.07 Å². The Labute approximate surface area is 194 Å². The number of nitrogens with zero attached hydrogens (tertiary/aromatic N) is 2. The third kappa shape index (κ3) is 4.23. The number of hydrogen-bond donors (Lipinski definition) is 2. The Morgan fingerprint density at radius 3 is 2.50 bits per heavy atom. The van der Waals surface area contributed by atoms with E-state index in [-0.39, 0.29) is 5.69 Å². The van der Waals surface area contributed by atoms with Gasteiger partial charge in [-0.05, 0) is 73.6 Å². The Kier molecular flexibility index (Phi) is 5.86. The lowest BCUT2D eigenvalue weighted by Crippen LogP contribution is -2.12. The lowest BCUT2D eigenvalue weighted by atomic mass is 9.90. The molecular weight excluding hydrogens is 572 g/mol. The molecule has 1 aliphatic rings. The normalized spacial score (nSPS) is 15.1. The highest BCUT2D eigenvalue weighted by molar-refractivity contribution is 14.1. The van der Waals surface area contributed by atoms with Crippen LogP contribution in [-0.2, 0) is 19.0 Å². The minimum Gasteiger partial charge on any atom is -0.399 e. The number of fused-ring (bicyclic) bond motifs is 3. The quantitative estimate of drug-likeness (QED) is 0.154. The molecule has 1 atom stereocenters. The summed E-state index contributed by atoms with van der Waals surface area (Å²) in [5, 5.41) is 4.13. The molecule has 2 aromatic carbocycles. The van der Waals surface area contributed by atoms with E-state index in [2.05, 4.69) is 53.8 Å². The van der Waals surface area contributed by atoms with E-state index in [9.17, 15) is 13.2 Å². The van der Waals surface area contributed by atoms with Crippen LogP contribution in [0.3, 0.4) is 0 Å². The van der Waals surface area contributed by atoms with Crippen molar-refractivity contribution in [3.05, 3.63) is 56.8 Å². The smallest absolute Gasteiger partial charge is 0.399 e. The zero-order valence-electron chi connectivity index (χ0n) is 16.1. The second kappa shape index (κ2) is 8.14. The average Bonchev–Trinajstić information content (AvgIpc) is 2.68. The molecule has 0 fully saturated rings. The number of hydrogen-bond acceptors (Lipinski definition) is 4. The Bertz CT molecular complexity index is 1130. The van der Waals surface area contributed by atoms with Gasteiger partial charge in [0.2, 0.25) is 0 Å². The van der Waals surface area contributed by atoms with Crippen LogP contribution < -0.4 is 11.1 Å². The van der Waals surface area contributed by atoms with Crippen LogP contribution in [0.4, 0.5) is 24.7 Å². The molecule has 0 saturated carbocycles. The van der Waals surface area contributed by atoms with Crippen LogP contribution in [0, 0.1) is 6.92 Å². The second-order valence-corrected chi connectivity index (χ2v) is 9.53. The van der Waals surface area contributed by atoms with E-state index < -0.39 is 15.8 Å². The van der Waals surface area contributed by atoms with E-state index >= 15 is 0 Å². The predicted molar refractivity (Wildman–Crippen MR) is 125 cm³/mol. The summed E-state index contributed by atoms with van der Waals surface area (Å²) in [4.78, 5) is 9.24. The van der Waals surface area contributed by atoms with Crippen molar-refractivity contribution in [1.82, 2.24) is 9.97 Å². The van der Waals surface area contributed by atoms with Crippen molar-refractivity contribution in [3.63, 3.8) is 0 Å². The summed E-state index contributed by atoms with van der Waals surface area (Å²) in [6.45, 7) is 1.83. The van der Waals surface area contributed by atoms with Gasteiger partial charge in [0.15, 0.2) is 0 Å². The largest absolute Gasteiger partial charge is 0.416 e. The van der Waals surface area contributed by atoms with E-state index in [4.69, 9.17) is 5.73 Å². The highest BCUT2D eigenvalue weighted by Gasteiger charge is 2.31. The number of aromatic nitrogens is 2. The van der Waals surface area contributed by atoms with E-state index in [0.717, 1.165) is 53.2 Å². The molecule has 0 amide bonds. The third-order valence-electron chi connectivity index (χ3n) is 5.23. The molecule has 1 aliphatic carbocycles. The Morgan fingerprint density at radius 2 is 1.80 bits per heavy atom. The number of rotatable bonds is 3. The number of nitrogens with one attached hydrogen (secondary N) is 1. The van der Waals surface area contributed by atoms with Gasteiger partial charge >= 0.3 is 6.18 Å². The van der Waals surface area contributed by atoms with Crippen molar-refractivity contribution >= 4 is 60.9 Å². The van der Waals surface area contributed by atoms with Gasteiger partial charge in [-0.3, -0.25) is 0 Å². The van der Waals surface area contributed by atoms with Gasteiger partial charge < -0.3 is 11.1 Å². The zero-order valence-corrected chi connectivity index (χ0v) is 19.8. The highest BCUT2D eigenvalue weighted by Crippen LogP contribution is 2.39. The van der Waals surface area contributed by atoms with Gasteiger partial charge in [-0.15, -0.1) is 0 Å². The average molecular weight is 591 g/mol. The minimum atomic E-state index is -4.46. The zero-order chi connectivity index (χ0) is 21.6. The van der Waals surface area contributed by atoms with Crippen molar-refractivity contribution in [1.29, 1.82) is 0 Å². The second-order valence-electron chi connectivity index (χ2n) is 7.43. The van der Waals surface area contributed by atoms with Crippen LogP contribution in [0.1, 0.15) is 45.0 Å². The number of alkyl halides is 4. The summed E-state index contributed by atoms with van der Waals surface area (Å²) in [5.41, 5.74) is 8.91. The highest BCUT2D eigenvalue weighted by atomic mass is 127. The number of nitrogen functional groups attached to an aromatic ring is 1. The molecule has 0 saturated heterocycles. The summed E-state index contributed by atoms with van der Waals surface area (Å²) in [6.07, 6.45) is -0.223. The van der Waals surface area contributed by atoms with E-state index in [0.29, 0.717) is 17.2 Å². The van der Waals surface area contributed by atoms with Crippen molar-refractivity contribution < 1.29 is 13.2 Å². The fourth-order valence-electron chi connectivity index (χ4n) is 3.89. The van der Waals surface area contributed by atoms with Gasteiger partial charge in [0, 0.05) is 15.5 Å². The van der Waals surface area contributed by atoms with Crippen LogP contribution >= 0.6 is 38.5 Å². The molecule has 1 heterocycles. The predicted octanol–water partition coefficient (Wildman–Crippen LogP) is 6.73. The molecule has 9 heteroatoms.